The predicted octanol–water partition coefficient (Wildman–Crippen LogP) is 3.17. The first-order chi connectivity index (χ1) is 7.15. The van der Waals surface area contributed by atoms with Gasteiger partial charge in [-0.3, -0.25) is 5.41 Å². The number of hydrogen-bond donors (Lipinski definition) is 2. The fraction of sp³-hybridized carbons (Fsp3) is 0.417. The van der Waals surface area contributed by atoms with Gasteiger partial charge in [0.25, 0.3) is 0 Å². The Balaban J connectivity index is 2.70. The summed E-state index contributed by atoms with van der Waals surface area (Å²) in [5, 5.41) is 7.34. The maximum atomic E-state index is 7.34. The molecule has 0 heterocycles. The van der Waals surface area contributed by atoms with E-state index in [1.54, 1.807) is 0 Å². The molecule has 0 aliphatic heterocycles. The summed E-state index contributed by atoms with van der Waals surface area (Å²) in [4.78, 5) is 1.30. The Labute approximate surface area is 95.8 Å². The van der Waals surface area contributed by atoms with Gasteiger partial charge in [0.2, 0.25) is 0 Å². The molecule has 3 heteroatoms. The van der Waals surface area contributed by atoms with E-state index in [0.29, 0.717) is 0 Å². The van der Waals surface area contributed by atoms with Crippen molar-refractivity contribution in [2.24, 2.45) is 5.73 Å². The first-order valence-electron chi connectivity index (χ1n) is 5.23. The van der Waals surface area contributed by atoms with Crippen LogP contribution in [0.2, 0.25) is 0 Å². The number of amidine groups is 1. The summed E-state index contributed by atoms with van der Waals surface area (Å²) >= 11 is 1.88. The van der Waals surface area contributed by atoms with Crippen LogP contribution in [0.3, 0.4) is 0 Å². The van der Waals surface area contributed by atoms with E-state index >= 15 is 0 Å². The Morgan fingerprint density at radius 2 is 2.20 bits per heavy atom. The Morgan fingerprint density at radius 3 is 2.73 bits per heavy atom. The molecule has 3 N–H and O–H groups in total. The van der Waals surface area contributed by atoms with Crippen LogP contribution in [-0.2, 0) is 0 Å². The number of hydrogen-bond acceptors (Lipinski definition) is 2. The molecule has 15 heavy (non-hydrogen) atoms. The van der Waals surface area contributed by atoms with Crippen LogP contribution in [0.15, 0.2) is 23.1 Å². The van der Waals surface area contributed by atoms with Gasteiger partial charge in [-0.2, -0.15) is 0 Å². The first kappa shape index (κ1) is 12.1. The molecule has 0 radical (unpaired) electrons. The number of rotatable bonds is 5. The Bertz CT molecular complexity index is 347. The highest BCUT2D eigenvalue weighted by molar-refractivity contribution is 7.99. The second kappa shape index (κ2) is 5.81. The summed E-state index contributed by atoms with van der Waals surface area (Å²) in [7, 11) is 0. The number of thioether (sulfide) groups is 1. The summed E-state index contributed by atoms with van der Waals surface area (Å²) in [5.74, 6) is 1.31. The molecule has 2 nitrogen and oxygen atoms in total. The average molecular weight is 222 g/mol. The van der Waals surface area contributed by atoms with Gasteiger partial charge in [0, 0.05) is 10.5 Å². The van der Waals surface area contributed by atoms with Gasteiger partial charge in [0.05, 0.1) is 0 Å². The zero-order valence-corrected chi connectivity index (χ0v) is 10.2. The van der Waals surface area contributed by atoms with Crippen molar-refractivity contribution in [3.63, 3.8) is 0 Å². The van der Waals surface area contributed by atoms with Crippen LogP contribution in [0.1, 0.15) is 30.9 Å². The Hall–Kier alpha value is -0.960. The first-order valence-corrected chi connectivity index (χ1v) is 6.21. The predicted molar refractivity (Wildman–Crippen MR) is 67.8 cm³/mol. The van der Waals surface area contributed by atoms with Crippen LogP contribution >= 0.6 is 11.8 Å². The summed E-state index contributed by atoms with van der Waals surface area (Å²) in [6, 6.07) is 5.96. The van der Waals surface area contributed by atoms with Crippen molar-refractivity contribution in [2.45, 2.75) is 31.6 Å². The van der Waals surface area contributed by atoms with E-state index < -0.39 is 0 Å². The van der Waals surface area contributed by atoms with Crippen molar-refractivity contribution in [3.05, 3.63) is 29.3 Å². The fourth-order valence-electron chi connectivity index (χ4n) is 1.31. The molecule has 1 rings (SSSR count). The molecule has 0 amide bonds. The lowest BCUT2D eigenvalue weighted by molar-refractivity contribution is 0.896. The molecule has 0 fully saturated rings. The van der Waals surface area contributed by atoms with E-state index in [2.05, 4.69) is 19.9 Å². The Kier molecular flexibility index (Phi) is 4.69. The van der Waals surface area contributed by atoms with Crippen molar-refractivity contribution in [2.75, 3.05) is 5.75 Å². The summed E-state index contributed by atoms with van der Waals surface area (Å²) in [6.07, 6.45) is 2.48. The average Bonchev–Trinajstić information content (AvgIpc) is 2.20. The van der Waals surface area contributed by atoms with Crippen LogP contribution in [-0.4, -0.2) is 11.6 Å². The number of nitrogens with two attached hydrogens (primary N) is 1. The summed E-state index contributed by atoms with van der Waals surface area (Å²) in [5.41, 5.74) is 7.46. The van der Waals surface area contributed by atoms with Gasteiger partial charge in [0.15, 0.2) is 0 Å². The molecule has 82 valence electrons. The van der Waals surface area contributed by atoms with E-state index in [9.17, 15) is 0 Å². The highest BCUT2D eigenvalue weighted by atomic mass is 32.2. The van der Waals surface area contributed by atoms with Crippen LogP contribution in [0.5, 0.6) is 0 Å². The van der Waals surface area contributed by atoms with E-state index in [0.717, 1.165) is 11.3 Å². The van der Waals surface area contributed by atoms with Crippen LogP contribution < -0.4 is 5.73 Å². The number of unbranched alkanes of at least 4 members (excludes halogenated alkanes) is 1. The molecule has 0 spiro atoms. The monoisotopic (exact) mass is 222 g/mol. The van der Waals surface area contributed by atoms with Gasteiger partial charge in [-0.15, -0.1) is 11.8 Å². The standard InChI is InChI=1S/C12H18N2S/c1-3-4-7-15-11-6-5-10(12(13)14)8-9(11)2/h5-6,8H,3-4,7H2,1-2H3,(H3,13,14). The third kappa shape index (κ3) is 3.59. The summed E-state index contributed by atoms with van der Waals surface area (Å²) < 4.78 is 0. The molecule has 0 aliphatic carbocycles. The molecule has 0 unspecified atom stereocenters. The number of nitrogens with one attached hydrogen (secondary N) is 1. The van der Waals surface area contributed by atoms with Gasteiger partial charge in [0.1, 0.15) is 5.84 Å². The van der Waals surface area contributed by atoms with Gasteiger partial charge >= 0.3 is 0 Å². The van der Waals surface area contributed by atoms with Crippen LogP contribution in [0.25, 0.3) is 0 Å². The number of aryl methyl sites for hydroxylation is 1. The molecule has 0 aliphatic rings. The lowest BCUT2D eigenvalue weighted by atomic mass is 10.1. The van der Waals surface area contributed by atoms with Crippen molar-refractivity contribution in [1.29, 1.82) is 5.41 Å². The lowest BCUT2D eigenvalue weighted by Gasteiger charge is -2.07. The van der Waals surface area contributed by atoms with Crippen molar-refractivity contribution in [1.82, 2.24) is 0 Å². The second-order valence-electron chi connectivity index (χ2n) is 3.60. The molecule has 1 aromatic rings. The minimum absolute atomic E-state index is 0.142. The molecular weight excluding hydrogens is 204 g/mol. The SMILES string of the molecule is CCCCSc1ccc(C(=N)N)cc1C. The highest BCUT2D eigenvalue weighted by Gasteiger charge is 2.02. The van der Waals surface area contributed by atoms with Crippen molar-refractivity contribution >= 4 is 17.6 Å². The smallest absolute Gasteiger partial charge is 0.122 e. The van der Waals surface area contributed by atoms with Gasteiger partial charge in [-0.25, -0.2) is 0 Å². The zero-order chi connectivity index (χ0) is 11.3. The molecule has 0 aromatic heterocycles. The molecular formula is C12H18N2S. The molecule has 0 bridgehead atoms. The van der Waals surface area contributed by atoms with Gasteiger partial charge in [-0.1, -0.05) is 19.4 Å². The number of benzene rings is 1. The maximum Gasteiger partial charge on any atom is 0.122 e. The van der Waals surface area contributed by atoms with Crippen LogP contribution in [0, 0.1) is 12.3 Å². The highest BCUT2D eigenvalue weighted by Crippen LogP contribution is 2.24. The minimum atomic E-state index is 0.142. The molecule has 0 saturated carbocycles. The van der Waals surface area contributed by atoms with Crippen molar-refractivity contribution in [3.8, 4) is 0 Å². The minimum Gasteiger partial charge on any atom is -0.384 e. The number of nitrogen functional groups attached to an aromatic ring is 1. The maximum absolute atomic E-state index is 7.34. The van der Waals surface area contributed by atoms with Crippen molar-refractivity contribution < 1.29 is 0 Å². The second-order valence-corrected chi connectivity index (χ2v) is 4.73. The van der Waals surface area contributed by atoms with E-state index in [1.807, 2.05) is 23.9 Å². The van der Waals surface area contributed by atoms with E-state index in [4.69, 9.17) is 11.1 Å². The van der Waals surface area contributed by atoms with Crippen LogP contribution in [0.4, 0.5) is 0 Å². The third-order valence-electron chi connectivity index (χ3n) is 2.24. The summed E-state index contributed by atoms with van der Waals surface area (Å²) in [6.45, 7) is 4.27. The van der Waals surface area contributed by atoms with Gasteiger partial charge < -0.3 is 5.73 Å². The van der Waals surface area contributed by atoms with E-state index in [1.165, 1.54) is 23.3 Å². The topological polar surface area (TPSA) is 49.9 Å². The fourth-order valence-corrected chi connectivity index (χ4v) is 2.41. The van der Waals surface area contributed by atoms with E-state index in [-0.39, 0.29) is 5.84 Å². The quantitative estimate of drug-likeness (QED) is 0.348. The molecule has 1 aromatic carbocycles. The largest absolute Gasteiger partial charge is 0.384 e. The third-order valence-corrected chi connectivity index (χ3v) is 3.50. The lowest BCUT2D eigenvalue weighted by Crippen LogP contribution is -2.11. The zero-order valence-electron chi connectivity index (χ0n) is 9.34. The molecule has 0 saturated heterocycles. The Morgan fingerprint density at radius 1 is 1.47 bits per heavy atom. The molecule has 0 atom stereocenters. The van der Waals surface area contributed by atoms with Gasteiger partial charge in [-0.05, 0) is 36.8 Å². The normalized spacial score (nSPS) is 10.3.